The number of thioether (sulfide) groups is 1. The van der Waals surface area contributed by atoms with Crippen molar-refractivity contribution < 1.29 is 14.3 Å². The molecule has 3 aromatic rings. The van der Waals surface area contributed by atoms with Gasteiger partial charge in [-0.25, -0.2) is 0 Å². The standard InChI is InChI=1S/C20H22N4O3S2/c1-3-24-19(17-5-4-10-28-17)21-22-20(24)29-13-18(25)23(2)12-14-6-7-15-16(11-14)27-9-8-26-15/h4-7,10-11H,3,8-9,12-13H2,1-2H3. The first-order valence-corrected chi connectivity index (χ1v) is 11.2. The van der Waals surface area contributed by atoms with Crippen LogP contribution in [0.15, 0.2) is 40.9 Å². The number of rotatable bonds is 7. The first kappa shape index (κ1) is 19.8. The number of ether oxygens (including phenoxy) is 2. The second kappa shape index (κ2) is 8.87. The smallest absolute Gasteiger partial charge is 0.233 e. The summed E-state index contributed by atoms with van der Waals surface area (Å²) in [4.78, 5) is 15.4. The van der Waals surface area contributed by atoms with Crippen LogP contribution in [0.4, 0.5) is 0 Å². The topological polar surface area (TPSA) is 69.5 Å². The van der Waals surface area contributed by atoms with Crippen molar-refractivity contribution in [3.63, 3.8) is 0 Å². The molecule has 0 bridgehead atoms. The lowest BCUT2D eigenvalue weighted by Crippen LogP contribution is -2.28. The van der Waals surface area contributed by atoms with Crippen molar-refractivity contribution in [1.29, 1.82) is 0 Å². The van der Waals surface area contributed by atoms with Crippen molar-refractivity contribution >= 4 is 29.0 Å². The minimum absolute atomic E-state index is 0.0354. The molecule has 0 spiro atoms. The van der Waals surface area contributed by atoms with E-state index in [1.165, 1.54) is 11.8 Å². The van der Waals surface area contributed by atoms with E-state index in [9.17, 15) is 4.79 Å². The number of thiophene rings is 1. The van der Waals surface area contributed by atoms with Crippen LogP contribution in [0, 0.1) is 0 Å². The van der Waals surface area contributed by atoms with Gasteiger partial charge in [0.05, 0.1) is 10.6 Å². The van der Waals surface area contributed by atoms with Crippen LogP contribution in [0.2, 0.25) is 0 Å². The second-order valence-electron chi connectivity index (χ2n) is 6.54. The van der Waals surface area contributed by atoms with Crippen LogP contribution in [0.5, 0.6) is 11.5 Å². The van der Waals surface area contributed by atoms with Crippen LogP contribution in [0.25, 0.3) is 10.7 Å². The third-order valence-corrected chi connectivity index (χ3v) is 6.37. The van der Waals surface area contributed by atoms with Gasteiger partial charge in [-0.1, -0.05) is 23.9 Å². The van der Waals surface area contributed by atoms with Crippen molar-refractivity contribution in [2.75, 3.05) is 26.0 Å². The quantitative estimate of drug-likeness (QED) is 0.534. The summed E-state index contributed by atoms with van der Waals surface area (Å²) in [7, 11) is 1.81. The lowest BCUT2D eigenvalue weighted by atomic mass is 10.2. The van der Waals surface area contributed by atoms with Gasteiger partial charge >= 0.3 is 0 Å². The highest BCUT2D eigenvalue weighted by Crippen LogP contribution is 2.31. The Morgan fingerprint density at radius 3 is 2.83 bits per heavy atom. The molecule has 1 aliphatic rings. The lowest BCUT2D eigenvalue weighted by Gasteiger charge is -2.21. The Hall–Kier alpha value is -2.52. The molecule has 0 saturated heterocycles. The molecule has 0 saturated carbocycles. The molecule has 4 rings (SSSR count). The van der Waals surface area contributed by atoms with E-state index in [0.29, 0.717) is 25.5 Å². The molecule has 0 atom stereocenters. The van der Waals surface area contributed by atoms with Crippen LogP contribution in [0.1, 0.15) is 12.5 Å². The fraction of sp³-hybridized carbons (Fsp3) is 0.350. The predicted octanol–water partition coefficient (Wildman–Crippen LogP) is 3.55. The maximum Gasteiger partial charge on any atom is 0.233 e. The summed E-state index contributed by atoms with van der Waals surface area (Å²) < 4.78 is 13.2. The summed E-state index contributed by atoms with van der Waals surface area (Å²) in [5, 5.41) is 11.4. The number of carbonyl (C=O) groups is 1. The van der Waals surface area contributed by atoms with E-state index in [1.807, 2.05) is 40.3 Å². The number of hydrogen-bond acceptors (Lipinski definition) is 7. The third-order valence-electron chi connectivity index (χ3n) is 4.55. The molecule has 9 heteroatoms. The fourth-order valence-electron chi connectivity index (χ4n) is 3.05. The van der Waals surface area contributed by atoms with Crippen LogP contribution >= 0.6 is 23.1 Å². The van der Waals surface area contributed by atoms with Gasteiger partial charge in [-0.15, -0.1) is 21.5 Å². The van der Waals surface area contributed by atoms with Gasteiger partial charge in [-0.2, -0.15) is 0 Å². The molecule has 0 unspecified atom stereocenters. The average Bonchev–Trinajstić information content (AvgIpc) is 3.41. The molecule has 7 nitrogen and oxygen atoms in total. The first-order chi connectivity index (χ1) is 14.2. The summed E-state index contributed by atoms with van der Waals surface area (Å²) in [5.41, 5.74) is 1.01. The van der Waals surface area contributed by atoms with Crippen LogP contribution < -0.4 is 9.47 Å². The van der Waals surface area contributed by atoms with Gasteiger partial charge in [0.2, 0.25) is 5.91 Å². The number of nitrogens with zero attached hydrogens (tertiary/aromatic N) is 4. The summed E-state index contributed by atoms with van der Waals surface area (Å²) in [6.07, 6.45) is 0. The average molecular weight is 431 g/mol. The normalized spacial score (nSPS) is 12.8. The van der Waals surface area contributed by atoms with E-state index in [1.54, 1.807) is 23.3 Å². The number of carbonyl (C=O) groups excluding carboxylic acids is 1. The SMILES string of the molecule is CCn1c(SCC(=O)N(C)Cc2ccc3c(c2)OCCO3)nnc1-c1cccs1. The number of amides is 1. The number of aromatic nitrogens is 3. The first-order valence-electron chi connectivity index (χ1n) is 9.38. The van der Waals surface area contributed by atoms with Gasteiger partial charge in [0.15, 0.2) is 22.5 Å². The highest BCUT2D eigenvalue weighted by molar-refractivity contribution is 7.99. The summed E-state index contributed by atoms with van der Waals surface area (Å²) in [5.74, 6) is 2.69. The van der Waals surface area contributed by atoms with Crippen LogP contribution in [-0.2, 0) is 17.9 Å². The Bertz CT molecular complexity index is 988. The maximum absolute atomic E-state index is 12.6. The van der Waals surface area contributed by atoms with Gasteiger partial charge in [-0.05, 0) is 36.1 Å². The van der Waals surface area contributed by atoms with Crippen LogP contribution in [-0.4, -0.2) is 51.6 Å². The van der Waals surface area contributed by atoms with Gasteiger partial charge in [0.1, 0.15) is 13.2 Å². The third kappa shape index (κ3) is 4.40. The molecule has 0 fully saturated rings. The summed E-state index contributed by atoms with van der Waals surface area (Å²) in [6, 6.07) is 9.82. The molecule has 1 aliphatic heterocycles. The van der Waals surface area contributed by atoms with E-state index < -0.39 is 0 Å². The Balaban J connectivity index is 1.37. The summed E-state index contributed by atoms with van der Waals surface area (Å²) >= 11 is 3.05. The zero-order valence-corrected chi connectivity index (χ0v) is 18.0. The highest BCUT2D eigenvalue weighted by atomic mass is 32.2. The van der Waals surface area contributed by atoms with Gasteiger partial charge in [0.25, 0.3) is 0 Å². The van der Waals surface area contributed by atoms with E-state index >= 15 is 0 Å². The number of hydrogen-bond donors (Lipinski definition) is 0. The molecule has 0 N–H and O–H groups in total. The molecule has 1 aromatic carbocycles. The van der Waals surface area contributed by atoms with Crippen molar-refractivity contribution in [2.24, 2.45) is 0 Å². The van der Waals surface area contributed by atoms with E-state index in [4.69, 9.17) is 9.47 Å². The molecule has 152 valence electrons. The van der Waals surface area contributed by atoms with E-state index in [-0.39, 0.29) is 5.91 Å². The van der Waals surface area contributed by atoms with Gasteiger partial charge < -0.3 is 18.9 Å². The Kier molecular flexibility index (Phi) is 6.05. The molecule has 0 radical (unpaired) electrons. The van der Waals surface area contributed by atoms with Crippen molar-refractivity contribution in [2.45, 2.75) is 25.2 Å². The Morgan fingerprint density at radius 1 is 1.24 bits per heavy atom. The summed E-state index contributed by atoms with van der Waals surface area (Å²) in [6.45, 7) is 4.44. The van der Waals surface area contributed by atoms with E-state index in [0.717, 1.165) is 39.5 Å². The van der Waals surface area contributed by atoms with Crippen molar-refractivity contribution in [1.82, 2.24) is 19.7 Å². The molecule has 29 heavy (non-hydrogen) atoms. The largest absolute Gasteiger partial charge is 0.486 e. The number of benzene rings is 1. The van der Waals surface area contributed by atoms with Crippen LogP contribution in [0.3, 0.4) is 0 Å². The molecule has 1 amide bonds. The number of fused-ring (bicyclic) bond motifs is 1. The Labute approximate surface area is 177 Å². The molecular weight excluding hydrogens is 408 g/mol. The molecular formula is C20H22N4O3S2. The second-order valence-corrected chi connectivity index (χ2v) is 8.43. The molecule has 2 aromatic heterocycles. The molecule has 3 heterocycles. The Morgan fingerprint density at radius 2 is 2.07 bits per heavy atom. The highest BCUT2D eigenvalue weighted by Gasteiger charge is 2.18. The van der Waals surface area contributed by atoms with Gasteiger partial charge in [-0.3, -0.25) is 4.79 Å². The van der Waals surface area contributed by atoms with Crippen molar-refractivity contribution in [3.8, 4) is 22.2 Å². The predicted molar refractivity (Wildman–Crippen MR) is 114 cm³/mol. The van der Waals surface area contributed by atoms with E-state index in [2.05, 4.69) is 17.1 Å². The minimum Gasteiger partial charge on any atom is -0.486 e. The minimum atomic E-state index is 0.0354. The van der Waals surface area contributed by atoms with Gasteiger partial charge in [0, 0.05) is 20.1 Å². The van der Waals surface area contributed by atoms with Crippen molar-refractivity contribution in [3.05, 3.63) is 41.3 Å². The lowest BCUT2D eigenvalue weighted by molar-refractivity contribution is -0.127. The molecule has 0 aliphatic carbocycles. The fourth-order valence-corrected chi connectivity index (χ4v) is 4.71. The monoisotopic (exact) mass is 430 g/mol. The zero-order chi connectivity index (χ0) is 20.2. The maximum atomic E-state index is 12.6. The zero-order valence-electron chi connectivity index (χ0n) is 16.3.